The fraction of sp³-hybridized carbons (Fsp3) is 0.714. The molecule has 0 fully saturated rings. The number of aliphatic hydroxyl groups excluding tert-OH is 1. The van der Waals surface area contributed by atoms with Crippen LogP contribution in [0.25, 0.3) is 0 Å². The molecule has 0 aliphatic carbocycles. The Hall–Kier alpha value is -5.99. The van der Waals surface area contributed by atoms with E-state index >= 15 is 0 Å². The second-order valence-corrected chi connectivity index (χ2v) is 18.6. The average Bonchev–Trinajstić information content (AvgIpc) is 3.33. The lowest BCUT2D eigenvalue weighted by Crippen LogP contribution is -2.63. The normalized spacial score (nSPS) is 15.4. The number of aliphatic imine (C=N–C) groups is 3. The number of nitrogens with two attached hydrogens (primary N) is 7. The summed E-state index contributed by atoms with van der Waals surface area (Å²) < 4.78 is 0. The predicted molar refractivity (Wildman–Crippen MR) is 288 cm³/mol. The number of amides is 8. The first kappa shape index (κ1) is 68.0. The van der Waals surface area contributed by atoms with Gasteiger partial charge in [-0.2, -0.15) is 37.9 Å². The number of aliphatic hydroxyl groups is 1. The Bertz CT molecular complexity index is 1960. The lowest BCUT2D eigenvalue weighted by Gasteiger charge is -2.29. The zero-order valence-corrected chi connectivity index (χ0v) is 45.1. The summed E-state index contributed by atoms with van der Waals surface area (Å²) in [5.41, 5.74) is 38.5. The molecule has 0 aromatic carbocycles. The third kappa shape index (κ3) is 26.3. The van der Waals surface area contributed by atoms with E-state index in [0.29, 0.717) is 12.8 Å². The number of carbonyl (C=O) groups excluding carboxylic acids is 8. The van der Waals surface area contributed by atoms with Crippen molar-refractivity contribution in [3.63, 3.8) is 0 Å². The molecule has 0 rings (SSSR count). The number of hydrogen-bond donors (Lipinski definition) is 20. The minimum atomic E-state index is -1.77. The first-order valence-corrected chi connectivity index (χ1v) is 25.6. The van der Waals surface area contributed by atoms with Gasteiger partial charge < -0.3 is 92.9 Å². The Morgan fingerprint density at radius 1 is 0.459 bits per heavy atom. The number of nitrogens with one attached hydrogen (secondary N) is 8. The van der Waals surface area contributed by atoms with Crippen molar-refractivity contribution in [3.8, 4) is 0 Å². The Labute approximate surface area is 447 Å². The van der Waals surface area contributed by atoms with Crippen LogP contribution in [0.5, 0.6) is 0 Å². The number of rotatable bonds is 36. The van der Waals surface area contributed by atoms with Crippen LogP contribution in [-0.2, 0) is 43.2 Å². The van der Waals surface area contributed by atoms with Crippen molar-refractivity contribution < 1.29 is 53.4 Å². The monoisotopic (exact) mass is 1110 g/mol. The third-order valence-corrected chi connectivity index (χ3v) is 12.1. The number of carboxylic acids is 1. The Morgan fingerprint density at radius 2 is 0.784 bits per heavy atom. The molecule has 24 N–H and O–H groups in total. The number of hydrogen-bond acceptors (Lipinski definition) is 17. The average molecular weight is 1110 g/mol. The molecule has 0 saturated carbocycles. The highest BCUT2D eigenvalue weighted by Gasteiger charge is 2.37. The van der Waals surface area contributed by atoms with Crippen LogP contribution in [0.3, 0.4) is 0 Å². The van der Waals surface area contributed by atoms with E-state index in [1.54, 1.807) is 27.7 Å². The van der Waals surface area contributed by atoms with Crippen molar-refractivity contribution in [1.29, 1.82) is 0 Å². The van der Waals surface area contributed by atoms with Crippen LogP contribution in [0, 0.1) is 11.8 Å². The van der Waals surface area contributed by atoms with E-state index in [2.05, 4.69) is 95.4 Å². The van der Waals surface area contributed by atoms with Crippen molar-refractivity contribution in [3.05, 3.63) is 0 Å². The number of carboxylic acid groups (broad SMARTS) is 1. The summed E-state index contributed by atoms with van der Waals surface area (Å²) in [5, 5.41) is 40.2. The Kier molecular flexibility index (Phi) is 33.1. The summed E-state index contributed by atoms with van der Waals surface area (Å²) in [5.74, 6) is -10.9. The van der Waals surface area contributed by atoms with Crippen LogP contribution in [0.4, 0.5) is 0 Å². The zero-order chi connectivity index (χ0) is 56.8. The molecule has 0 unspecified atom stereocenters. The van der Waals surface area contributed by atoms with Gasteiger partial charge >= 0.3 is 5.97 Å². The largest absolute Gasteiger partial charge is 0.480 e. The Morgan fingerprint density at radius 3 is 1.18 bits per heavy atom. The summed E-state index contributed by atoms with van der Waals surface area (Å²) in [4.78, 5) is 132. The topological polar surface area (TPSA) is 510 Å². The maximum atomic E-state index is 14.1. The second-order valence-electron chi connectivity index (χ2n) is 17.5. The fourth-order valence-corrected chi connectivity index (χ4v) is 7.27. The predicted octanol–water partition coefficient (Wildman–Crippen LogP) is -6.69. The number of aliphatic carboxylic acids is 1. The molecule has 0 saturated heterocycles. The van der Waals surface area contributed by atoms with Crippen LogP contribution in [0.1, 0.15) is 79.6 Å². The lowest BCUT2D eigenvalue weighted by molar-refractivity contribution is -0.142. The molecule has 0 aromatic heterocycles. The molecule has 0 aliphatic heterocycles. The number of guanidine groups is 3. The van der Waals surface area contributed by atoms with Gasteiger partial charge in [0.05, 0.1) is 12.1 Å². The molecule has 0 spiro atoms. The van der Waals surface area contributed by atoms with E-state index in [9.17, 15) is 53.4 Å². The highest BCUT2D eigenvalue weighted by atomic mass is 32.1. The molecule has 0 aromatic rings. The number of thiol groups is 3. The Balaban J connectivity index is 6.55. The second kappa shape index (κ2) is 36.0. The molecule has 32 heteroatoms. The zero-order valence-electron chi connectivity index (χ0n) is 42.4. The van der Waals surface area contributed by atoms with E-state index in [1.807, 2.05) is 0 Å². The van der Waals surface area contributed by atoms with Gasteiger partial charge in [-0.3, -0.25) is 53.3 Å². The van der Waals surface area contributed by atoms with Gasteiger partial charge in [-0.1, -0.05) is 34.1 Å². The summed E-state index contributed by atoms with van der Waals surface area (Å²) in [7, 11) is 0. The van der Waals surface area contributed by atoms with E-state index in [4.69, 9.17) is 40.1 Å². The molecule has 8 amide bonds. The van der Waals surface area contributed by atoms with Crippen molar-refractivity contribution in [1.82, 2.24) is 42.5 Å². The van der Waals surface area contributed by atoms with Gasteiger partial charge in [0, 0.05) is 36.9 Å². The molecule has 0 radical (unpaired) electrons. The van der Waals surface area contributed by atoms with Crippen LogP contribution in [0.2, 0.25) is 0 Å². The summed E-state index contributed by atoms with van der Waals surface area (Å²) >= 11 is 12.4. The van der Waals surface area contributed by atoms with Crippen LogP contribution < -0.4 is 82.7 Å². The molecule has 29 nitrogen and oxygen atoms in total. The van der Waals surface area contributed by atoms with Gasteiger partial charge in [0.2, 0.25) is 47.3 Å². The van der Waals surface area contributed by atoms with Gasteiger partial charge in [-0.25, -0.2) is 4.79 Å². The highest BCUT2D eigenvalue weighted by Crippen LogP contribution is 2.12. The van der Waals surface area contributed by atoms with E-state index in [1.165, 1.54) is 6.92 Å². The molecule has 0 aliphatic rings. The molecular weight excluding hydrogens is 1030 g/mol. The van der Waals surface area contributed by atoms with Crippen molar-refractivity contribution >= 4 is 109 Å². The molecule has 11 atom stereocenters. The minimum Gasteiger partial charge on any atom is -0.480 e. The highest BCUT2D eigenvalue weighted by molar-refractivity contribution is 7.80. The van der Waals surface area contributed by atoms with E-state index in [-0.39, 0.29) is 86.9 Å². The first-order chi connectivity index (χ1) is 34.6. The van der Waals surface area contributed by atoms with Gasteiger partial charge in [0.25, 0.3) is 0 Å². The van der Waals surface area contributed by atoms with E-state index in [0.717, 1.165) is 0 Å². The number of nitrogens with zero attached hydrogens (tertiary/aromatic N) is 3. The summed E-state index contributed by atoms with van der Waals surface area (Å²) in [6.07, 6.45) is -0.780. The van der Waals surface area contributed by atoms with Crippen LogP contribution >= 0.6 is 37.9 Å². The van der Waals surface area contributed by atoms with Gasteiger partial charge in [0.15, 0.2) is 17.9 Å². The first-order valence-electron chi connectivity index (χ1n) is 23.7. The van der Waals surface area contributed by atoms with Crippen molar-refractivity contribution in [2.24, 2.45) is 66.9 Å². The van der Waals surface area contributed by atoms with Gasteiger partial charge in [-0.05, 0) is 57.3 Å². The standard InChI is InChI=1S/C42H80N18O11S3/c1-6-20(4)29(59-34(65)25(16-72)55-31(62)22(43)10-7-13-50-40(44)45)37(68)56-26(17-73)35(66)60-30(21(5)61)38(69)54-23(11-8-14-51-41(46)47)32(63)53-24(12-9-15-52-42(48)49)33(64)58-28(19(2)3)36(67)57-27(18-74)39(70)71/h19-30,61,72-74H,6-18,43H2,1-5H3,(H,53,63)(H,54,69)(H,55,62)(H,56,68)(H,57,67)(H,58,64)(H,59,65)(H,60,66)(H,70,71)(H4,44,45,50)(H4,46,47,51)(H4,48,49,52)/t20-,21+,22-,23-,24-,25-,26-,27-,28-,29-,30-/m0/s1. The fourth-order valence-electron chi connectivity index (χ4n) is 6.51. The lowest BCUT2D eigenvalue weighted by atomic mass is 9.97. The third-order valence-electron chi connectivity index (χ3n) is 11.0. The summed E-state index contributed by atoms with van der Waals surface area (Å²) in [6, 6.07) is -12.3. The quantitative estimate of drug-likeness (QED) is 0.0120. The maximum Gasteiger partial charge on any atom is 0.327 e. The smallest absolute Gasteiger partial charge is 0.327 e. The van der Waals surface area contributed by atoms with Gasteiger partial charge in [-0.15, -0.1) is 0 Å². The van der Waals surface area contributed by atoms with Crippen LogP contribution in [0.15, 0.2) is 15.0 Å². The molecule has 0 heterocycles. The maximum absolute atomic E-state index is 14.1. The molecule has 74 heavy (non-hydrogen) atoms. The summed E-state index contributed by atoms with van der Waals surface area (Å²) in [6.45, 7) is 7.99. The van der Waals surface area contributed by atoms with Gasteiger partial charge in [0.1, 0.15) is 48.3 Å². The van der Waals surface area contributed by atoms with Crippen molar-refractivity contribution in [2.75, 3.05) is 36.9 Å². The molecular formula is C42H80N18O11S3. The minimum absolute atomic E-state index is 0.0158. The number of carbonyl (C=O) groups is 9. The van der Waals surface area contributed by atoms with E-state index < -0.39 is 126 Å². The molecule has 0 bridgehead atoms. The molecule has 422 valence electrons. The van der Waals surface area contributed by atoms with Crippen molar-refractivity contribution in [2.45, 2.75) is 140 Å². The SMILES string of the molecule is CC[C@H](C)[C@H](NC(=O)[C@H](CS)NC(=O)[C@@H](N)CCCN=C(N)N)C(=O)N[C@@H](CS)C(=O)N[C@H](C(=O)N[C@@H](CCCN=C(N)N)C(=O)N[C@@H](CCCN=C(N)N)C(=O)N[C@H](C(=O)N[C@@H](CS)C(=O)O)C(C)C)[C@@H](C)O. The van der Waals surface area contributed by atoms with Crippen LogP contribution in [-0.4, -0.2) is 179 Å².